The van der Waals surface area contributed by atoms with E-state index in [-0.39, 0.29) is 11.8 Å². The van der Waals surface area contributed by atoms with Gasteiger partial charge in [0, 0.05) is 44.7 Å². The van der Waals surface area contributed by atoms with E-state index in [9.17, 15) is 4.79 Å². The summed E-state index contributed by atoms with van der Waals surface area (Å²) in [5.41, 5.74) is 0. The third-order valence-electron chi connectivity index (χ3n) is 6.64. The Labute approximate surface area is 168 Å². The zero-order chi connectivity index (χ0) is 19.5. The van der Waals surface area contributed by atoms with E-state index in [1.165, 1.54) is 25.7 Å². The molecule has 0 N–H and O–H groups in total. The van der Waals surface area contributed by atoms with Gasteiger partial charge >= 0.3 is 0 Å². The lowest BCUT2D eigenvalue weighted by molar-refractivity contribution is -0.136. The zero-order valence-corrected chi connectivity index (χ0v) is 17.5. The molecule has 7 nitrogen and oxygen atoms in total. The highest BCUT2D eigenvalue weighted by atomic mass is 16.5. The van der Waals surface area contributed by atoms with Crippen LogP contribution in [-0.4, -0.2) is 76.1 Å². The van der Waals surface area contributed by atoms with Gasteiger partial charge in [-0.15, -0.1) is 0 Å². The largest absolute Gasteiger partial charge is 0.342 e. The summed E-state index contributed by atoms with van der Waals surface area (Å²) in [6, 6.07) is 0.613. The van der Waals surface area contributed by atoms with Crippen LogP contribution < -0.4 is 0 Å². The van der Waals surface area contributed by atoms with Gasteiger partial charge in [-0.2, -0.15) is 4.98 Å². The van der Waals surface area contributed by atoms with Crippen molar-refractivity contribution in [3.05, 3.63) is 11.7 Å². The van der Waals surface area contributed by atoms with Crippen LogP contribution in [0.4, 0.5) is 0 Å². The average Bonchev–Trinajstić information content (AvgIpc) is 3.40. The molecule has 1 aromatic rings. The number of carbonyl (C=O) groups excluding carboxylic acids is 1. The van der Waals surface area contributed by atoms with Gasteiger partial charge in [-0.25, -0.2) is 0 Å². The highest BCUT2D eigenvalue weighted by molar-refractivity contribution is 5.79. The summed E-state index contributed by atoms with van der Waals surface area (Å²) in [6.45, 7) is 11.1. The van der Waals surface area contributed by atoms with E-state index in [2.05, 4.69) is 38.7 Å². The fourth-order valence-corrected chi connectivity index (χ4v) is 4.94. The maximum atomic E-state index is 12.8. The second-order valence-corrected chi connectivity index (χ2v) is 9.08. The van der Waals surface area contributed by atoms with Crippen molar-refractivity contribution in [1.29, 1.82) is 0 Å². The Bertz CT molecular complexity index is 647. The van der Waals surface area contributed by atoms with Gasteiger partial charge in [-0.3, -0.25) is 14.6 Å². The lowest BCUT2D eigenvalue weighted by Crippen LogP contribution is -2.51. The minimum atomic E-state index is 0.221. The molecule has 0 unspecified atom stereocenters. The van der Waals surface area contributed by atoms with Gasteiger partial charge in [0.2, 0.25) is 11.8 Å². The first-order valence-electron chi connectivity index (χ1n) is 11.2. The van der Waals surface area contributed by atoms with Gasteiger partial charge in [0.15, 0.2) is 5.82 Å². The van der Waals surface area contributed by atoms with E-state index in [1.54, 1.807) is 0 Å². The smallest absolute Gasteiger partial charge is 0.229 e. The van der Waals surface area contributed by atoms with Crippen LogP contribution in [0.3, 0.4) is 0 Å². The zero-order valence-electron chi connectivity index (χ0n) is 17.5. The predicted octanol–water partition coefficient (Wildman–Crippen LogP) is 2.49. The molecule has 0 spiro atoms. The van der Waals surface area contributed by atoms with Gasteiger partial charge in [0.25, 0.3) is 0 Å². The molecule has 0 radical (unpaired) electrons. The first-order chi connectivity index (χ1) is 13.6. The predicted molar refractivity (Wildman–Crippen MR) is 107 cm³/mol. The first kappa shape index (κ1) is 19.8. The molecule has 3 fully saturated rings. The van der Waals surface area contributed by atoms with Crippen molar-refractivity contribution in [2.45, 2.75) is 70.9 Å². The van der Waals surface area contributed by atoms with Gasteiger partial charge in [-0.05, 0) is 45.1 Å². The van der Waals surface area contributed by atoms with Crippen LogP contribution in [0.5, 0.6) is 0 Å². The normalized spacial score (nSPS) is 25.7. The third kappa shape index (κ3) is 4.57. The quantitative estimate of drug-likeness (QED) is 0.771. The Morgan fingerprint density at radius 3 is 2.50 bits per heavy atom. The van der Waals surface area contributed by atoms with Crippen molar-refractivity contribution in [3.63, 3.8) is 0 Å². The Kier molecular flexibility index (Phi) is 6.31. The molecule has 156 valence electrons. The standard InChI is InChI=1S/C21H35N5O2/c1-16(2)20-22-19(23-28-20)15-24-12-7-18(8-13-24)26-11-5-6-17(14-26)21(27)25-9-3-4-10-25/h16-18H,3-15H2,1-2H3/t17-/m0/s1. The molecule has 4 rings (SSSR count). The molecule has 7 heteroatoms. The maximum absolute atomic E-state index is 12.8. The van der Waals surface area contributed by atoms with Crippen molar-refractivity contribution in [3.8, 4) is 0 Å². The van der Waals surface area contributed by atoms with Crippen LogP contribution in [0.2, 0.25) is 0 Å². The molecule has 28 heavy (non-hydrogen) atoms. The number of hydrogen-bond donors (Lipinski definition) is 0. The van der Waals surface area contributed by atoms with Crippen LogP contribution in [0.1, 0.15) is 70.0 Å². The summed E-state index contributed by atoms with van der Waals surface area (Å²) in [6.07, 6.45) is 6.92. The van der Waals surface area contributed by atoms with E-state index in [4.69, 9.17) is 4.52 Å². The number of hydrogen-bond acceptors (Lipinski definition) is 6. The van der Waals surface area contributed by atoms with Gasteiger partial charge in [0.05, 0.1) is 12.5 Å². The number of carbonyl (C=O) groups is 1. The number of likely N-dealkylation sites (tertiary alicyclic amines) is 3. The number of piperidine rings is 2. The molecule has 3 saturated heterocycles. The third-order valence-corrected chi connectivity index (χ3v) is 6.64. The van der Waals surface area contributed by atoms with Gasteiger partial charge in [-0.1, -0.05) is 19.0 Å². The van der Waals surface area contributed by atoms with Crippen molar-refractivity contribution < 1.29 is 9.32 Å². The molecular weight excluding hydrogens is 354 g/mol. The van der Waals surface area contributed by atoms with Crippen LogP contribution in [0.25, 0.3) is 0 Å². The highest BCUT2D eigenvalue weighted by Crippen LogP contribution is 2.26. The molecule has 1 amide bonds. The summed E-state index contributed by atoms with van der Waals surface area (Å²) >= 11 is 0. The summed E-state index contributed by atoms with van der Waals surface area (Å²) in [4.78, 5) is 24.4. The van der Waals surface area contributed by atoms with Crippen LogP contribution >= 0.6 is 0 Å². The number of aromatic nitrogens is 2. The Hall–Kier alpha value is -1.47. The van der Waals surface area contributed by atoms with E-state index in [0.29, 0.717) is 11.9 Å². The molecule has 0 aliphatic carbocycles. The van der Waals surface area contributed by atoms with Gasteiger partial charge < -0.3 is 9.42 Å². The van der Waals surface area contributed by atoms with Crippen molar-refractivity contribution in [2.75, 3.05) is 39.3 Å². The Morgan fingerprint density at radius 2 is 1.82 bits per heavy atom. The van der Waals surface area contributed by atoms with Crippen LogP contribution in [0.15, 0.2) is 4.52 Å². The van der Waals surface area contributed by atoms with E-state index in [1.807, 2.05) is 0 Å². The van der Waals surface area contributed by atoms with E-state index >= 15 is 0 Å². The number of amides is 1. The summed E-state index contributed by atoms with van der Waals surface area (Å²) in [5, 5.41) is 4.13. The molecule has 0 bridgehead atoms. The van der Waals surface area contributed by atoms with E-state index in [0.717, 1.165) is 70.4 Å². The highest BCUT2D eigenvalue weighted by Gasteiger charge is 2.34. The van der Waals surface area contributed by atoms with Crippen molar-refractivity contribution in [1.82, 2.24) is 24.8 Å². The second kappa shape index (κ2) is 8.91. The molecule has 3 aliphatic heterocycles. The maximum Gasteiger partial charge on any atom is 0.229 e. The summed E-state index contributed by atoms with van der Waals surface area (Å²) in [7, 11) is 0. The Morgan fingerprint density at radius 1 is 1.07 bits per heavy atom. The van der Waals surface area contributed by atoms with Crippen LogP contribution in [0, 0.1) is 5.92 Å². The molecule has 1 atom stereocenters. The first-order valence-corrected chi connectivity index (χ1v) is 11.2. The fourth-order valence-electron chi connectivity index (χ4n) is 4.94. The molecular formula is C21H35N5O2. The Balaban J connectivity index is 1.25. The van der Waals surface area contributed by atoms with Crippen LogP contribution in [-0.2, 0) is 11.3 Å². The lowest BCUT2D eigenvalue weighted by Gasteiger charge is -2.42. The number of nitrogens with zero attached hydrogens (tertiary/aromatic N) is 5. The van der Waals surface area contributed by atoms with E-state index < -0.39 is 0 Å². The summed E-state index contributed by atoms with van der Waals surface area (Å²) < 4.78 is 5.33. The minimum Gasteiger partial charge on any atom is -0.342 e. The monoisotopic (exact) mass is 389 g/mol. The topological polar surface area (TPSA) is 65.7 Å². The number of rotatable bonds is 5. The lowest BCUT2D eigenvalue weighted by atomic mass is 9.93. The summed E-state index contributed by atoms with van der Waals surface area (Å²) in [5.74, 6) is 2.45. The van der Waals surface area contributed by atoms with Crippen molar-refractivity contribution in [2.24, 2.45) is 5.92 Å². The van der Waals surface area contributed by atoms with Gasteiger partial charge in [0.1, 0.15) is 0 Å². The minimum absolute atomic E-state index is 0.221. The van der Waals surface area contributed by atoms with Crippen molar-refractivity contribution >= 4 is 5.91 Å². The SMILES string of the molecule is CC(C)c1nc(CN2CCC(N3CCC[C@H](C(=O)N4CCCC4)C3)CC2)no1. The molecule has 1 aromatic heterocycles. The fraction of sp³-hybridized carbons (Fsp3) is 0.857. The average molecular weight is 390 g/mol. The molecule has 3 aliphatic rings. The second-order valence-electron chi connectivity index (χ2n) is 9.08. The molecule has 4 heterocycles. The molecule has 0 aromatic carbocycles. The molecule has 0 saturated carbocycles.